The molecule has 1 fully saturated rings. The maximum absolute atomic E-state index is 12.2. The van der Waals surface area contributed by atoms with Gasteiger partial charge in [-0.25, -0.2) is 9.97 Å². The van der Waals surface area contributed by atoms with Crippen LogP contribution in [0.2, 0.25) is 0 Å². The maximum Gasteiger partial charge on any atom is 0.233 e. The van der Waals surface area contributed by atoms with E-state index in [-0.39, 0.29) is 5.91 Å². The van der Waals surface area contributed by atoms with Gasteiger partial charge in [-0.3, -0.25) is 4.79 Å². The highest BCUT2D eigenvalue weighted by Crippen LogP contribution is 2.13. The third-order valence-corrected chi connectivity index (χ3v) is 4.12. The summed E-state index contributed by atoms with van der Waals surface area (Å²) in [6, 6.07) is 1.78. The second kappa shape index (κ2) is 7.45. The lowest BCUT2D eigenvalue weighted by Crippen LogP contribution is -2.36. The summed E-state index contributed by atoms with van der Waals surface area (Å²) in [5.74, 6) is 0.617. The summed E-state index contributed by atoms with van der Waals surface area (Å²) in [6.45, 7) is 7.01. The molecule has 1 aromatic rings. The second-order valence-electron chi connectivity index (χ2n) is 4.49. The standard InChI is InChI=1S/C13H20N4OS/c1-2-16-7-4-8-17(10-9-16)12(18)11-19-13-14-5-3-6-15-13/h3,5-6H,2,4,7-11H2,1H3. The van der Waals surface area contributed by atoms with E-state index in [0.717, 1.165) is 39.1 Å². The Kier molecular flexibility index (Phi) is 5.60. The van der Waals surface area contributed by atoms with Crippen LogP contribution in [0, 0.1) is 0 Å². The Morgan fingerprint density at radius 1 is 1.26 bits per heavy atom. The largest absolute Gasteiger partial charge is 0.341 e. The molecule has 1 amide bonds. The Hall–Kier alpha value is -1.14. The third-order valence-electron chi connectivity index (χ3n) is 3.26. The van der Waals surface area contributed by atoms with Crippen molar-refractivity contribution in [3.05, 3.63) is 18.5 Å². The molecule has 0 radical (unpaired) electrons. The maximum atomic E-state index is 12.2. The molecule has 0 spiro atoms. The molecule has 0 N–H and O–H groups in total. The lowest BCUT2D eigenvalue weighted by atomic mass is 10.4. The Labute approximate surface area is 118 Å². The van der Waals surface area contributed by atoms with Gasteiger partial charge in [0.25, 0.3) is 0 Å². The van der Waals surface area contributed by atoms with Crippen LogP contribution in [0.3, 0.4) is 0 Å². The van der Waals surface area contributed by atoms with Gasteiger partial charge in [0.05, 0.1) is 5.75 Å². The number of carbonyl (C=O) groups excluding carboxylic acids is 1. The molecule has 1 saturated heterocycles. The number of aromatic nitrogens is 2. The highest BCUT2D eigenvalue weighted by molar-refractivity contribution is 7.99. The first kappa shape index (κ1) is 14.3. The predicted molar refractivity (Wildman–Crippen MR) is 76.1 cm³/mol. The number of hydrogen-bond acceptors (Lipinski definition) is 5. The summed E-state index contributed by atoms with van der Waals surface area (Å²) in [4.78, 5) is 24.7. The van der Waals surface area contributed by atoms with Gasteiger partial charge in [-0.05, 0) is 25.6 Å². The van der Waals surface area contributed by atoms with Crippen molar-refractivity contribution in [1.29, 1.82) is 0 Å². The number of hydrogen-bond donors (Lipinski definition) is 0. The Morgan fingerprint density at radius 3 is 2.79 bits per heavy atom. The molecule has 1 aromatic heterocycles. The van der Waals surface area contributed by atoms with Crippen molar-refractivity contribution in [3.8, 4) is 0 Å². The van der Waals surface area contributed by atoms with E-state index in [4.69, 9.17) is 0 Å². The molecule has 0 unspecified atom stereocenters. The zero-order valence-electron chi connectivity index (χ0n) is 11.3. The molecule has 5 nitrogen and oxygen atoms in total. The monoisotopic (exact) mass is 280 g/mol. The highest BCUT2D eigenvalue weighted by Gasteiger charge is 2.18. The van der Waals surface area contributed by atoms with Crippen LogP contribution in [0.5, 0.6) is 0 Å². The van der Waals surface area contributed by atoms with Gasteiger partial charge in [0.15, 0.2) is 5.16 Å². The molecule has 2 rings (SSSR count). The summed E-state index contributed by atoms with van der Waals surface area (Å²) in [6.07, 6.45) is 4.46. The van der Waals surface area contributed by atoms with E-state index in [1.165, 1.54) is 11.8 Å². The molecule has 1 aliphatic rings. The number of nitrogens with zero attached hydrogens (tertiary/aromatic N) is 4. The smallest absolute Gasteiger partial charge is 0.233 e. The number of amides is 1. The first-order valence-electron chi connectivity index (χ1n) is 6.69. The van der Waals surface area contributed by atoms with Crippen LogP contribution in [-0.4, -0.2) is 64.2 Å². The van der Waals surface area contributed by atoms with Crippen molar-refractivity contribution in [1.82, 2.24) is 19.8 Å². The number of rotatable bonds is 4. The van der Waals surface area contributed by atoms with Crippen molar-refractivity contribution in [3.63, 3.8) is 0 Å². The zero-order chi connectivity index (χ0) is 13.5. The first-order valence-corrected chi connectivity index (χ1v) is 7.68. The second-order valence-corrected chi connectivity index (χ2v) is 5.43. The fourth-order valence-corrected chi connectivity index (χ4v) is 2.82. The molecular weight excluding hydrogens is 260 g/mol. The molecule has 0 bridgehead atoms. The van der Waals surface area contributed by atoms with Crippen molar-refractivity contribution in [2.24, 2.45) is 0 Å². The van der Waals surface area contributed by atoms with Gasteiger partial charge in [0, 0.05) is 32.0 Å². The third kappa shape index (κ3) is 4.47. The fourth-order valence-electron chi connectivity index (χ4n) is 2.11. The Morgan fingerprint density at radius 2 is 2.05 bits per heavy atom. The van der Waals surface area contributed by atoms with Gasteiger partial charge in [0.1, 0.15) is 0 Å². The molecular formula is C13H20N4OS. The van der Waals surface area contributed by atoms with Crippen LogP contribution in [0.1, 0.15) is 13.3 Å². The molecule has 0 atom stereocenters. The van der Waals surface area contributed by atoms with E-state index in [2.05, 4.69) is 21.8 Å². The number of likely N-dealkylation sites (N-methyl/N-ethyl adjacent to an activating group) is 1. The van der Waals surface area contributed by atoms with Crippen LogP contribution in [0.15, 0.2) is 23.6 Å². The molecule has 0 aliphatic carbocycles. The molecule has 1 aliphatic heterocycles. The average Bonchev–Trinajstić information content (AvgIpc) is 2.71. The average molecular weight is 280 g/mol. The minimum atomic E-state index is 0.190. The van der Waals surface area contributed by atoms with Crippen molar-refractivity contribution < 1.29 is 4.79 Å². The van der Waals surface area contributed by atoms with Crippen molar-refractivity contribution in [2.45, 2.75) is 18.5 Å². The van der Waals surface area contributed by atoms with Crippen LogP contribution >= 0.6 is 11.8 Å². The minimum Gasteiger partial charge on any atom is -0.341 e. The summed E-state index contributed by atoms with van der Waals surface area (Å²) in [5.41, 5.74) is 0. The van der Waals surface area contributed by atoms with Gasteiger partial charge >= 0.3 is 0 Å². The fraction of sp³-hybridized carbons (Fsp3) is 0.615. The topological polar surface area (TPSA) is 49.3 Å². The SMILES string of the molecule is CCN1CCCN(C(=O)CSc2ncccn2)CC1. The molecule has 0 aromatic carbocycles. The Balaban J connectivity index is 1.79. The quantitative estimate of drug-likeness (QED) is 0.611. The lowest BCUT2D eigenvalue weighted by molar-refractivity contribution is -0.128. The molecule has 19 heavy (non-hydrogen) atoms. The van der Waals surface area contributed by atoms with Crippen molar-refractivity contribution in [2.75, 3.05) is 38.5 Å². The zero-order valence-corrected chi connectivity index (χ0v) is 12.1. The van der Waals surface area contributed by atoms with Gasteiger partial charge in [0.2, 0.25) is 5.91 Å². The van der Waals surface area contributed by atoms with Gasteiger partial charge in [-0.1, -0.05) is 18.7 Å². The minimum absolute atomic E-state index is 0.190. The van der Waals surface area contributed by atoms with E-state index >= 15 is 0 Å². The number of carbonyl (C=O) groups is 1. The lowest BCUT2D eigenvalue weighted by Gasteiger charge is -2.20. The highest BCUT2D eigenvalue weighted by atomic mass is 32.2. The van der Waals surface area contributed by atoms with Gasteiger partial charge < -0.3 is 9.80 Å². The normalized spacial score (nSPS) is 17.2. The summed E-state index contributed by atoms with van der Waals surface area (Å²) < 4.78 is 0. The Bertz CT molecular complexity index is 401. The van der Waals surface area contributed by atoms with E-state index in [1.807, 2.05) is 4.90 Å². The molecule has 0 saturated carbocycles. The van der Waals surface area contributed by atoms with Crippen LogP contribution in [-0.2, 0) is 4.79 Å². The summed E-state index contributed by atoms with van der Waals surface area (Å²) >= 11 is 1.41. The number of thioether (sulfide) groups is 1. The van der Waals surface area contributed by atoms with E-state index < -0.39 is 0 Å². The van der Waals surface area contributed by atoms with Crippen LogP contribution in [0.4, 0.5) is 0 Å². The summed E-state index contributed by atoms with van der Waals surface area (Å²) in [7, 11) is 0. The predicted octanol–water partition coefficient (Wildman–Crippen LogP) is 1.12. The molecule has 2 heterocycles. The van der Waals surface area contributed by atoms with Crippen LogP contribution < -0.4 is 0 Å². The molecule has 104 valence electrons. The van der Waals surface area contributed by atoms with E-state index in [9.17, 15) is 4.79 Å². The van der Waals surface area contributed by atoms with Crippen LogP contribution in [0.25, 0.3) is 0 Å². The molecule has 6 heteroatoms. The summed E-state index contributed by atoms with van der Waals surface area (Å²) in [5, 5.41) is 0.667. The van der Waals surface area contributed by atoms with Crippen molar-refractivity contribution >= 4 is 17.7 Å². The van der Waals surface area contributed by atoms with E-state index in [0.29, 0.717) is 10.9 Å². The van der Waals surface area contributed by atoms with Gasteiger partial charge in [-0.15, -0.1) is 0 Å². The van der Waals surface area contributed by atoms with Gasteiger partial charge in [-0.2, -0.15) is 0 Å². The van der Waals surface area contributed by atoms with E-state index in [1.54, 1.807) is 18.5 Å². The first-order chi connectivity index (χ1) is 9.29.